The Kier molecular flexibility index (Phi) is 5.43. The molecule has 1 saturated carbocycles. The van der Waals surface area contributed by atoms with Crippen LogP contribution in [0.15, 0.2) is 35.6 Å². The van der Waals surface area contributed by atoms with Gasteiger partial charge in [0.05, 0.1) is 10.8 Å². The van der Waals surface area contributed by atoms with Gasteiger partial charge in [-0.15, -0.1) is 5.76 Å². The fourth-order valence-electron chi connectivity index (χ4n) is 4.73. The normalized spacial score (nSPS) is 22.9. The summed E-state index contributed by atoms with van der Waals surface area (Å²) in [4.78, 5) is 49.5. The zero-order chi connectivity index (χ0) is 22.4. The summed E-state index contributed by atoms with van der Waals surface area (Å²) in [6, 6.07) is 5.42. The first-order valence-electron chi connectivity index (χ1n) is 10.0. The Balaban J connectivity index is 2.15. The number of rotatable bonds is 4. The van der Waals surface area contributed by atoms with E-state index in [4.69, 9.17) is 0 Å². The van der Waals surface area contributed by atoms with Crippen molar-refractivity contribution in [2.45, 2.75) is 59.3 Å². The molecule has 0 N–H and O–H groups in total. The third kappa shape index (κ3) is 4.20. The number of nitro groups is 1. The molecule has 30 heavy (non-hydrogen) atoms. The van der Waals surface area contributed by atoms with Crippen molar-refractivity contribution < 1.29 is 24.4 Å². The number of allylic oxidation sites excluding steroid dienone is 2. The summed E-state index contributed by atoms with van der Waals surface area (Å²) in [5, 5.41) is 24.0. The van der Waals surface area contributed by atoms with E-state index < -0.39 is 27.6 Å². The smallest absolute Gasteiger partial charge is 0.269 e. The third-order valence-electron chi connectivity index (χ3n) is 5.99. The lowest BCUT2D eigenvalue weighted by Gasteiger charge is -2.41. The van der Waals surface area contributed by atoms with Crippen molar-refractivity contribution in [3.63, 3.8) is 0 Å². The Morgan fingerprint density at radius 1 is 0.900 bits per heavy atom. The van der Waals surface area contributed by atoms with E-state index in [1.807, 2.05) is 27.7 Å². The lowest BCUT2D eigenvalue weighted by atomic mass is 9.62. The summed E-state index contributed by atoms with van der Waals surface area (Å²) in [6.07, 6.45) is 0.651. The molecule has 1 unspecified atom stereocenters. The number of Topliss-reactive ketones (excluding diaryl/α,β-unsaturated/α-hetero) is 3. The van der Waals surface area contributed by atoms with E-state index in [-0.39, 0.29) is 60.1 Å². The number of hydrogen-bond donors (Lipinski definition) is 0. The summed E-state index contributed by atoms with van der Waals surface area (Å²) >= 11 is 0. The van der Waals surface area contributed by atoms with Gasteiger partial charge < -0.3 is 5.11 Å². The van der Waals surface area contributed by atoms with Crippen molar-refractivity contribution in [2.24, 2.45) is 16.7 Å². The molecule has 0 spiro atoms. The van der Waals surface area contributed by atoms with Crippen LogP contribution < -0.4 is 5.11 Å². The van der Waals surface area contributed by atoms with E-state index in [0.29, 0.717) is 5.56 Å². The van der Waals surface area contributed by atoms with Gasteiger partial charge in [0.1, 0.15) is 11.6 Å². The van der Waals surface area contributed by atoms with Gasteiger partial charge >= 0.3 is 0 Å². The minimum Gasteiger partial charge on any atom is -0.875 e. The van der Waals surface area contributed by atoms with E-state index in [9.17, 15) is 29.6 Å². The van der Waals surface area contributed by atoms with Crippen LogP contribution in [0.25, 0.3) is 0 Å². The van der Waals surface area contributed by atoms with Gasteiger partial charge in [-0.2, -0.15) is 0 Å². The fraction of sp³-hybridized carbons (Fsp3) is 0.522. The van der Waals surface area contributed by atoms with E-state index in [1.54, 1.807) is 0 Å². The van der Waals surface area contributed by atoms with Gasteiger partial charge in [-0.05, 0) is 28.4 Å². The highest BCUT2D eigenvalue weighted by atomic mass is 16.6. The lowest BCUT2D eigenvalue weighted by molar-refractivity contribution is -0.384. The number of ketones is 3. The largest absolute Gasteiger partial charge is 0.875 e. The minimum absolute atomic E-state index is 0.0189. The molecule has 160 valence electrons. The topological polar surface area (TPSA) is 117 Å². The van der Waals surface area contributed by atoms with Crippen LogP contribution >= 0.6 is 0 Å². The molecular formula is C23H26NO6-. The van der Waals surface area contributed by atoms with Crippen molar-refractivity contribution >= 4 is 23.0 Å². The molecule has 2 aliphatic carbocycles. The Morgan fingerprint density at radius 3 is 1.87 bits per heavy atom. The molecule has 2 aliphatic rings. The number of nitrogens with zero attached hydrogens (tertiary/aromatic N) is 1. The molecule has 1 fully saturated rings. The Labute approximate surface area is 175 Å². The fourth-order valence-corrected chi connectivity index (χ4v) is 4.73. The van der Waals surface area contributed by atoms with Crippen LogP contribution in [-0.4, -0.2) is 22.3 Å². The van der Waals surface area contributed by atoms with Gasteiger partial charge in [-0.3, -0.25) is 24.5 Å². The second-order valence-electron chi connectivity index (χ2n) is 10.0. The van der Waals surface area contributed by atoms with Crippen molar-refractivity contribution in [1.82, 2.24) is 0 Å². The van der Waals surface area contributed by atoms with Crippen LogP contribution in [0.1, 0.15) is 64.9 Å². The molecule has 0 heterocycles. The summed E-state index contributed by atoms with van der Waals surface area (Å²) in [5.74, 6) is -3.42. The Hall–Kier alpha value is -2.83. The van der Waals surface area contributed by atoms with E-state index >= 15 is 0 Å². The van der Waals surface area contributed by atoms with Crippen molar-refractivity contribution in [2.75, 3.05) is 0 Å². The van der Waals surface area contributed by atoms with E-state index in [0.717, 1.165) is 0 Å². The molecule has 0 aliphatic heterocycles. The first kappa shape index (κ1) is 21.9. The average molecular weight is 412 g/mol. The maximum absolute atomic E-state index is 13.0. The van der Waals surface area contributed by atoms with Crippen molar-refractivity contribution in [3.8, 4) is 0 Å². The van der Waals surface area contributed by atoms with Gasteiger partial charge in [-0.1, -0.05) is 39.8 Å². The van der Waals surface area contributed by atoms with Crippen LogP contribution in [0.5, 0.6) is 0 Å². The standard InChI is InChI=1S/C23H27NO6/c1-22(2)9-15(25)20(16(26)10-22)19(13-5-7-14(8-6-13)24(29)30)21-17(27)11-23(3,4)12-18(21)28/h5-8,19-20,27H,9-12H2,1-4H3/p-1. The van der Waals surface area contributed by atoms with Crippen LogP contribution in [0.2, 0.25) is 0 Å². The van der Waals surface area contributed by atoms with Gasteiger partial charge in [0, 0.05) is 37.3 Å². The van der Waals surface area contributed by atoms with Crippen LogP contribution in [0.4, 0.5) is 5.69 Å². The Morgan fingerprint density at radius 2 is 1.40 bits per heavy atom. The Bertz CT molecular complexity index is 934. The second-order valence-corrected chi connectivity index (χ2v) is 10.0. The molecule has 0 bridgehead atoms. The molecule has 0 amide bonds. The average Bonchev–Trinajstić information content (AvgIpc) is 2.57. The monoisotopic (exact) mass is 412 g/mol. The molecular weight excluding hydrogens is 386 g/mol. The summed E-state index contributed by atoms with van der Waals surface area (Å²) < 4.78 is 0. The second kappa shape index (κ2) is 7.45. The third-order valence-corrected chi connectivity index (χ3v) is 5.99. The molecule has 7 heteroatoms. The maximum Gasteiger partial charge on any atom is 0.269 e. The number of nitro benzene ring substituents is 1. The number of hydrogen-bond acceptors (Lipinski definition) is 6. The van der Waals surface area contributed by atoms with E-state index in [1.165, 1.54) is 24.3 Å². The van der Waals surface area contributed by atoms with Gasteiger partial charge in [-0.25, -0.2) is 0 Å². The number of carbonyl (C=O) groups is 3. The molecule has 0 radical (unpaired) electrons. The van der Waals surface area contributed by atoms with Crippen molar-refractivity contribution in [1.29, 1.82) is 0 Å². The van der Waals surface area contributed by atoms with Crippen LogP contribution in [0, 0.1) is 26.9 Å². The quantitative estimate of drug-likeness (QED) is 0.426. The molecule has 0 aromatic heterocycles. The first-order valence-corrected chi connectivity index (χ1v) is 10.0. The highest BCUT2D eigenvalue weighted by Crippen LogP contribution is 2.47. The molecule has 1 atom stereocenters. The van der Waals surface area contributed by atoms with Gasteiger partial charge in [0.15, 0.2) is 5.78 Å². The van der Waals surface area contributed by atoms with E-state index in [2.05, 4.69) is 0 Å². The highest BCUT2D eigenvalue weighted by molar-refractivity contribution is 6.09. The van der Waals surface area contributed by atoms with Gasteiger partial charge in [0.25, 0.3) is 5.69 Å². The minimum atomic E-state index is -1.12. The number of non-ortho nitro benzene ring substituents is 1. The molecule has 3 rings (SSSR count). The highest BCUT2D eigenvalue weighted by Gasteiger charge is 2.47. The summed E-state index contributed by atoms with van der Waals surface area (Å²) in [5.41, 5.74) is -0.719. The SMILES string of the molecule is CC1(C)CC(=O)C(C(C2=C([O-])CC(C)(C)CC2=O)c2ccc([N+](=O)[O-])cc2)C(=O)C1. The predicted molar refractivity (Wildman–Crippen MR) is 107 cm³/mol. The molecule has 0 saturated heterocycles. The predicted octanol–water partition coefficient (Wildman–Crippen LogP) is 3.26. The zero-order valence-corrected chi connectivity index (χ0v) is 17.7. The summed E-state index contributed by atoms with van der Waals surface area (Å²) in [6.45, 7) is 7.35. The zero-order valence-electron chi connectivity index (χ0n) is 17.7. The first-order chi connectivity index (χ1) is 13.8. The summed E-state index contributed by atoms with van der Waals surface area (Å²) in [7, 11) is 0. The molecule has 7 nitrogen and oxygen atoms in total. The van der Waals surface area contributed by atoms with Crippen LogP contribution in [-0.2, 0) is 14.4 Å². The van der Waals surface area contributed by atoms with Gasteiger partial charge in [0.2, 0.25) is 0 Å². The number of benzene rings is 1. The lowest BCUT2D eigenvalue weighted by Crippen LogP contribution is -2.43. The molecule has 1 aromatic carbocycles. The van der Waals surface area contributed by atoms with Crippen molar-refractivity contribution in [3.05, 3.63) is 51.3 Å². The van der Waals surface area contributed by atoms with Crippen LogP contribution in [0.3, 0.4) is 0 Å². The number of carbonyl (C=O) groups excluding carboxylic acids is 3. The maximum atomic E-state index is 13.0. The molecule has 1 aromatic rings.